The Hall–Kier alpha value is -2.77. The molecule has 132 valence electrons. The van der Waals surface area contributed by atoms with Crippen LogP contribution in [0.2, 0.25) is 0 Å². The normalized spacial score (nSPS) is 17.8. The predicted octanol–water partition coefficient (Wildman–Crippen LogP) is 3.25. The molecule has 1 saturated heterocycles. The van der Waals surface area contributed by atoms with E-state index in [1.165, 1.54) is 23.3 Å². The Morgan fingerprint density at radius 1 is 1.24 bits per heavy atom. The molecular formula is C17H14F3NO4. The minimum absolute atomic E-state index is 0.0759. The summed E-state index contributed by atoms with van der Waals surface area (Å²) in [4.78, 5) is 25.6. The van der Waals surface area contributed by atoms with Crippen molar-refractivity contribution >= 4 is 11.9 Å². The highest BCUT2D eigenvalue weighted by Gasteiger charge is 2.38. The molecule has 0 N–H and O–H groups in total. The van der Waals surface area contributed by atoms with Crippen LogP contribution in [0, 0.1) is 5.92 Å². The molecule has 3 rings (SSSR count). The number of benzene rings is 1. The van der Waals surface area contributed by atoms with E-state index in [-0.39, 0.29) is 25.4 Å². The average Bonchev–Trinajstić information content (AvgIpc) is 3.18. The maximum absolute atomic E-state index is 12.9. The molecule has 0 radical (unpaired) electrons. The highest BCUT2D eigenvalue weighted by Crippen LogP contribution is 2.36. The van der Waals surface area contributed by atoms with Crippen molar-refractivity contribution in [2.45, 2.75) is 19.1 Å². The summed E-state index contributed by atoms with van der Waals surface area (Å²) in [5.74, 6) is -1.94. The first-order valence-electron chi connectivity index (χ1n) is 7.52. The Bertz CT molecular complexity index is 770. The Balaban J connectivity index is 1.68. The summed E-state index contributed by atoms with van der Waals surface area (Å²) >= 11 is 0. The molecule has 1 aromatic heterocycles. The van der Waals surface area contributed by atoms with Crippen molar-refractivity contribution in [3.63, 3.8) is 0 Å². The largest absolute Gasteiger partial charge is 0.467 e. The summed E-state index contributed by atoms with van der Waals surface area (Å²) in [6.45, 7) is 0.279. The Labute approximate surface area is 141 Å². The minimum atomic E-state index is -4.63. The lowest BCUT2D eigenvalue weighted by atomic mass is 10.1. The van der Waals surface area contributed by atoms with Gasteiger partial charge in [0, 0.05) is 13.0 Å². The number of halogens is 3. The van der Waals surface area contributed by atoms with Gasteiger partial charge in [0.05, 0.1) is 24.3 Å². The number of nitrogens with zero attached hydrogens (tertiary/aromatic N) is 1. The zero-order chi connectivity index (χ0) is 18.0. The van der Waals surface area contributed by atoms with Gasteiger partial charge in [0.25, 0.3) is 0 Å². The van der Waals surface area contributed by atoms with Crippen LogP contribution in [0.15, 0.2) is 47.1 Å². The molecule has 1 aromatic carbocycles. The maximum atomic E-state index is 12.9. The number of carbonyl (C=O) groups is 2. The van der Waals surface area contributed by atoms with E-state index in [2.05, 4.69) is 0 Å². The molecule has 1 fully saturated rings. The van der Waals surface area contributed by atoms with Gasteiger partial charge >= 0.3 is 12.1 Å². The number of carbonyl (C=O) groups excluding carboxylic acids is 2. The van der Waals surface area contributed by atoms with Crippen LogP contribution in [0.25, 0.3) is 0 Å². The molecule has 1 unspecified atom stereocenters. The molecule has 1 aliphatic heterocycles. The molecule has 0 aliphatic carbocycles. The number of para-hydroxylation sites is 1. The van der Waals surface area contributed by atoms with Gasteiger partial charge in [-0.25, -0.2) is 0 Å². The summed E-state index contributed by atoms with van der Waals surface area (Å²) in [5.41, 5.74) is -1.03. The van der Waals surface area contributed by atoms with Gasteiger partial charge in [0.2, 0.25) is 5.91 Å². The zero-order valence-corrected chi connectivity index (χ0v) is 13.0. The summed E-state index contributed by atoms with van der Waals surface area (Å²) in [5, 5.41) is 0. The number of amides is 1. The highest BCUT2D eigenvalue weighted by atomic mass is 19.4. The molecule has 1 atom stereocenters. The SMILES string of the molecule is O=C(Oc1ccccc1C(F)(F)F)C1CC(=O)N(Cc2ccco2)C1. The summed E-state index contributed by atoms with van der Waals surface area (Å²) in [6, 6.07) is 7.85. The van der Waals surface area contributed by atoms with Crippen molar-refractivity contribution in [3.8, 4) is 5.75 Å². The summed E-state index contributed by atoms with van der Waals surface area (Å²) in [6.07, 6.45) is -3.27. The van der Waals surface area contributed by atoms with E-state index < -0.39 is 29.4 Å². The molecule has 0 bridgehead atoms. The fourth-order valence-corrected chi connectivity index (χ4v) is 2.66. The van der Waals surface area contributed by atoms with Crippen LogP contribution >= 0.6 is 0 Å². The quantitative estimate of drug-likeness (QED) is 0.625. The Morgan fingerprint density at radius 3 is 2.68 bits per heavy atom. The maximum Gasteiger partial charge on any atom is 0.419 e. The number of ether oxygens (including phenoxy) is 1. The van der Waals surface area contributed by atoms with E-state index in [9.17, 15) is 22.8 Å². The van der Waals surface area contributed by atoms with Crippen molar-refractivity contribution in [2.75, 3.05) is 6.54 Å². The van der Waals surface area contributed by atoms with Crippen LogP contribution < -0.4 is 4.74 Å². The second kappa shape index (κ2) is 6.62. The number of alkyl halides is 3. The molecule has 0 saturated carbocycles. The molecule has 1 amide bonds. The number of likely N-dealkylation sites (tertiary alicyclic amines) is 1. The monoisotopic (exact) mass is 353 g/mol. The van der Waals surface area contributed by atoms with Crippen LogP contribution in [0.5, 0.6) is 5.75 Å². The van der Waals surface area contributed by atoms with E-state index >= 15 is 0 Å². The van der Waals surface area contributed by atoms with Gasteiger partial charge in [-0.15, -0.1) is 0 Å². The predicted molar refractivity (Wildman–Crippen MR) is 79.3 cm³/mol. The lowest BCUT2D eigenvalue weighted by Gasteiger charge is -2.16. The molecule has 5 nitrogen and oxygen atoms in total. The van der Waals surface area contributed by atoms with E-state index in [1.54, 1.807) is 12.1 Å². The average molecular weight is 353 g/mol. The topological polar surface area (TPSA) is 59.8 Å². The van der Waals surface area contributed by atoms with Gasteiger partial charge in [-0.2, -0.15) is 13.2 Å². The third-order valence-corrected chi connectivity index (χ3v) is 3.88. The number of hydrogen-bond donors (Lipinski definition) is 0. The number of hydrogen-bond acceptors (Lipinski definition) is 4. The molecular weight excluding hydrogens is 339 g/mol. The van der Waals surface area contributed by atoms with Gasteiger partial charge in [-0.05, 0) is 24.3 Å². The molecule has 2 aromatic rings. The number of furan rings is 1. The first-order valence-corrected chi connectivity index (χ1v) is 7.52. The molecule has 2 heterocycles. The summed E-state index contributed by atoms with van der Waals surface area (Å²) < 4.78 is 48.9. The second-order valence-electron chi connectivity index (χ2n) is 5.67. The first-order chi connectivity index (χ1) is 11.8. The third kappa shape index (κ3) is 3.84. The number of rotatable bonds is 4. The molecule has 1 aliphatic rings. The van der Waals surface area contributed by atoms with Crippen molar-refractivity contribution in [1.82, 2.24) is 4.90 Å². The minimum Gasteiger partial charge on any atom is -0.467 e. The fraction of sp³-hybridized carbons (Fsp3) is 0.294. The van der Waals surface area contributed by atoms with Gasteiger partial charge in [-0.3, -0.25) is 9.59 Å². The van der Waals surface area contributed by atoms with E-state index in [0.717, 1.165) is 12.1 Å². The lowest BCUT2D eigenvalue weighted by Crippen LogP contribution is -2.27. The van der Waals surface area contributed by atoms with Crippen LogP contribution in [0.3, 0.4) is 0 Å². The van der Waals surface area contributed by atoms with Crippen molar-refractivity contribution in [1.29, 1.82) is 0 Å². The Morgan fingerprint density at radius 2 is 2.00 bits per heavy atom. The van der Waals surface area contributed by atoms with Gasteiger partial charge in [0.1, 0.15) is 11.5 Å². The van der Waals surface area contributed by atoms with E-state index in [1.807, 2.05) is 0 Å². The van der Waals surface area contributed by atoms with Crippen molar-refractivity contribution in [3.05, 3.63) is 54.0 Å². The van der Waals surface area contributed by atoms with E-state index in [0.29, 0.717) is 5.76 Å². The number of esters is 1. The highest BCUT2D eigenvalue weighted by molar-refractivity contribution is 5.87. The lowest BCUT2D eigenvalue weighted by molar-refractivity contribution is -0.144. The smallest absolute Gasteiger partial charge is 0.419 e. The second-order valence-corrected chi connectivity index (χ2v) is 5.67. The standard InChI is InChI=1S/C17H14F3NO4/c18-17(19,20)13-5-1-2-6-14(13)25-16(23)11-8-15(22)21(9-11)10-12-4-3-7-24-12/h1-7,11H,8-10H2. The van der Waals surface area contributed by atoms with Crippen molar-refractivity contribution in [2.24, 2.45) is 5.92 Å². The van der Waals surface area contributed by atoms with Crippen LogP contribution in [-0.2, 0) is 22.3 Å². The van der Waals surface area contributed by atoms with Gasteiger partial charge in [-0.1, -0.05) is 12.1 Å². The van der Waals surface area contributed by atoms with Gasteiger partial charge in [0.15, 0.2) is 0 Å². The summed E-state index contributed by atoms with van der Waals surface area (Å²) in [7, 11) is 0. The van der Waals surface area contributed by atoms with Crippen LogP contribution in [0.1, 0.15) is 17.7 Å². The Kier molecular flexibility index (Phi) is 4.52. The van der Waals surface area contributed by atoms with Crippen molar-refractivity contribution < 1.29 is 31.9 Å². The van der Waals surface area contributed by atoms with E-state index in [4.69, 9.17) is 9.15 Å². The van der Waals surface area contributed by atoms with Crippen LogP contribution in [0.4, 0.5) is 13.2 Å². The van der Waals surface area contributed by atoms with Crippen LogP contribution in [-0.4, -0.2) is 23.3 Å². The molecule has 8 heteroatoms. The van der Waals surface area contributed by atoms with Gasteiger partial charge < -0.3 is 14.1 Å². The third-order valence-electron chi connectivity index (χ3n) is 3.88. The molecule has 0 spiro atoms. The first kappa shape index (κ1) is 17.1. The fourth-order valence-electron chi connectivity index (χ4n) is 2.66. The zero-order valence-electron chi connectivity index (χ0n) is 13.0. The molecule has 25 heavy (non-hydrogen) atoms.